The van der Waals surface area contributed by atoms with Crippen molar-refractivity contribution in [3.05, 3.63) is 35.9 Å². The highest BCUT2D eigenvalue weighted by molar-refractivity contribution is 7.89. The van der Waals surface area contributed by atoms with E-state index in [0.29, 0.717) is 18.5 Å². The van der Waals surface area contributed by atoms with Gasteiger partial charge in [0.1, 0.15) is 0 Å². The van der Waals surface area contributed by atoms with Crippen LogP contribution in [0.1, 0.15) is 38.2 Å². The lowest BCUT2D eigenvalue weighted by atomic mass is 9.96. The molecule has 1 aliphatic heterocycles. The Morgan fingerprint density at radius 1 is 1.29 bits per heavy atom. The Bertz CT molecular complexity index is 522. The van der Waals surface area contributed by atoms with Gasteiger partial charge in [0.15, 0.2) is 0 Å². The van der Waals surface area contributed by atoms with Crippen LogP contribution < -0.4 is 10.0 Å². The normalized spacial score (nSPS) is 24.7. The molecule has 118 valence electrons. The average molecular weight is 310 g/mol. The van der Waals surface area contributed by atoms with E-state index in [4.69, 9.17) is 0 Å². The molecule has 2 rings (SSSR count). The van der Waals surface area contributed by atoms with Crippen molar-refractivity contribution in [2.75, 3.05) is 18.8 Å². The van der Waals surface area contributed by atoms with Gasteiger partial charge in [0.2, 0.25) is 10.0 Å². The monoisotopic (exact) mass is 310 g/mol. The van der Waals surface area contributed by atoms with Gasteiger partial charge in [-0.1, -0.05) is 37.3 Å². The number of benzene rings is 1. The van der Waals surface area contributed by atoms with Gasteiger partial charge in [-0.25, -0.2) is 13.1 Å². The molecule has 0 spiro atoms. The third-order valence-corrected chi connectivity index (χ3v) is 5.74. The first kappa shape index (κ1) is 16.5. The first-order valence-corrected chi connectivity index (χ1v) is 9.37. The highest BCUT2D eigenvalue weighted by atomic mass is 32.2. The van der Waals surface area contributed by atoms with Gasteiger partial charge in [-0.2, -0.15) is 0 Å². The molecule has 21 heavy (non-hydrogen) atoms. The maximum atomic E-state index is 12.2. The summed E-state index contributed by atoms with van der Waals surface area (Å²) < 4.78 is 27.2. The second kappa shape index (κ2) is 7.38. The summed E-state index contributed by atoms with van der Waals surface area (Å²) in [5.41, 5.74) is 1.07. The van der Waals surface area contributed by atoms with Crippen LogP contribution in [0.3, 0.4) is 0 Å². The Hall–Kier alpha value is -0.910. The summed E-state index contributed by atoms with van der Waals surface area (Å²) in [7, 11) is -3.22. The number of sulfonamides is 1. The van der Waals surface area contributed by atoms with Gasteiger partial charge < -0.3 is 5.32 Å². The van der Waals surface area contributed by atoms with E-state index in [1.165, 1.54) is 0 Å². The van der Waals surface area contributed by atoms with Crippen LogP contribution in [0.15, 0.2) is 30.3 Å². The lowest BCUT2D eigenvalue weighted by Crippen LogP contribution is -2.42. The quantitative estimate of drug-likeness (QED) is 0.846. The molecule has 1 aromatic rings. The Balaban J connectivity index is 1.82. The second-order valence-corrected chi connectivity index (χ2v) is 8.05. The van der Waals surface area contributed by atoms with Gasteiger partial charge in [0.25, 0.3) is 0 Å². The number of rotatable bonds is 6. The minimum Gasteiger partial charge on any atom is -0.314 e. The molecule has 3 atom stereocenters. The maximum absolute atomic E-state index is 12.2. The smallest absolute Gasteiger partial charge is 0.212 e. The van der Waals surface area contributed by atoms with Gasteiger partial charge >= 0.3 is 0 Å². The van der Waals surface area contributed by atoms with E-state index in [9.17, 15) is 8.42 Å². The largest absolute Gasteiger partial charge is 0.314 e. The summed E-state index contributed by atoms with van der Waals surface area (Å²) in [4.78, 5) is 0. The minimum atomic E-state index is -3.22. The standard InChI is InChI=1S/C16H26N2O2S/c1-13(16-6-4-3-5-7-16)12-21(19,20)18-11-15-9-8-14(2)17-10-15/h3-7,13-15,17-18H,8-12H2,1-2H3. The summed E-state index contributed by atoms with van der Waals surface area (Å²) >= 11 is 0. The molecule has 1 fully saturated rings. The minimum absolute atomic E-state index is 0.00760. The van der Waals surface area contributed by atoms with Gasteiger partial charge in [0, 0.05) is 12.6 Å². The Morgan fingerprint density at radius 3 is 2.62 bits per heavy atom. The van der Waals surface area contributed by atoms with Crippen LogP contribution >= 0.6 is 0 Å². The molecule has 4 nitrogen and oxygen atoms in total. The fourth-order valence-electron chi connectivity index (χ4n) is 2.74. The molecule has 1 heterocycles. The number of hydrogen-bond donors (Lipinski definition) is 2. The van der Waals surface area contributed by atoms with E-state index in [-0.39, 0.29) is 11.7 Å². The lowest BCUT2D eigenvalue weighted by Gasteiger charge is -2.27. The Labute approximate surface area is 128 Å². The van der Waals surface area contributed by atoms with Crippen molar-refractivity contribution in [2.24, 2.45) is 5.92 Å². The molecule has 1 saturated heterocycles. The zero-order valence-corrected chi connectivity index (χ0v) is 13.7. The summed E-state index contributed by atoms with van der Waals surface area (Å²) in [5.74, 6) is 0.560. The molecule has 0 aliphatic carbocycles. The molecule has 0 amide bonds. The zero-order chi connectivity index (χ0) is 15.3. The molecule has 3 unspecified atom stereocenters. The molecule has 0 saturated carbocycles. The van der Waals surface area contributed by atoms with E-state index in [1.54, 1.807) is 0 Å². The molecule has 5 heteroatoms. The number of hydrogen-bond acceptors (Lipinski definition) is 3. The van der Waals surface area contributed by atoms with E-state index < -0.39 is 10.0 Å². The Morgan fingerprint density at radius 2 is 2.00 bits per heavy atom. The van der Waals surface area contributed by atoms with E-state index in [1.807, 2.05) is 37.3 Å². The van der Waals surface area contributed by atoms with Crippen molar-refractivity contribution in [3.63, 3.8) is 0 Å². The van der Waals surface area contributed by atoms with Crippen LogP contribution in [0.5, 0.6) is 0 Å². The fourth-order valence-corrected chi connectivity index (χ4v) is 4.20. The van der Waals surface area contributed by atoms with E-state index >= 15 is 0 Å². The van der Waals surface area contributed by atoms with Crippen LogP contribution in [-0.4, -0.2) is 33.3 Å². The van der Waals surface area contributed by atoms with Crippen LogP contribution in [-0.2, 0) is 10.0 Å². The van der Waals surface area contributed by atoms with Gasteiger partial charge in [-0.05, 0) is 43.7 Å². The average Bonchev–Trinajstić information content (AvgIpc) is 2.47. The highest BCUT2D eigenvalue weighted by Crippen LogP contribution is 2.17. The first-order chi connectivity index (χ1) is 9.96. The summed E-state index contributed by atoms with van der Waals surface area (Å²) in [6, 6.07) is 10.3. The first-order valence-electron chi connectivity index (χ1n) is 7.72. The van der Waals surface area contributed by atoms with E-state index in [2.05, 4.69) is 17.0 Å². The fraction of sp³-hybridized carbons (Fsp3) is 0.625. The van der Waals surface area contributed by atoms with Crippen molar-refractivity contribution in [3.8, 4) is 0 Å². The summed E-state index contributed by atoms with van der Waals surface area (Å²) in [5, 5.41) is 3.40. The van der Waals surface area contributed by atoms with Crippen molar-refractivity contribution in [1.82, 2.24) is 10.0 Å². The Kier molecular flexibility index (Phi) is 5.79. The van der Waals surface area contributed by atoms with Gasteiger partial charge in [0.05, 0.1) is 5.75 Å². The van der Waals surface area contributed by atoms with Crippen LogP contribution in [0, 0.1) is 5.92 Å². The SMILES string of the molecule is CC1CCC(CNS(=O)(=O)CC(C)c2ccccc2)CN1. The molecule has 2 N–H and O–H groups in total. The van der Waals surface area contributed by atoms with E-state index in [0.717, 1.165) is 24.9 Å². The number of piperidine rings is 1. The molecule has 0 aromatic heterocycles. The molecule has 1 aromatic carbocycles. The van der Waals surface area contributed by atoms with Crippen LogP contribution in [0.25, 0.3) is 0 Å². The summed E-state index contributed by atoms with van der Waals surface area (Å²) in [6.45, 7) is 5.57. The molecule has 0 bridgehead atoms. The third-order valence-electron chi connectivity index (χ3n) is 4.19. The lowest BCUT2D eigenvalue weighted by molar-refractivity contribution is 0.323. The molecule has 1 aliphatic rings. The number of nitrogens with one attached hydrogen (secondary N) is 2. The van der Waals surface area contributed by atoms with Crippen molar-refractivity contribution >= 4 is 10.0 Å². The third kappa shape index (κ3) is 5.41. The van der Waals surface area contributed by atoms with Crippen molar-refractivity contribution < 1.29 is 8.42 Å². The highest BCUT2D eigenvalue weighted by Gasteiger charge is 2.21. The van der Waals surface area contributed by atoms with Crippen molar-refractivity contribution in [1.29, 1.82) is 0 Å². The van der Waals surface area contributed by atoms with Crippen LogP contribution in [0.2, 0.25) is 0 Å². The van der Waals surface area contributed by atoms with Crippen LogP contribution in [0.4, 0.5) is 0 Å². The zero-order valence-electron chi connectivity index (χ0n) is 12.9. The predicted octanol–water partition coefficient (Wildman–Crippen LogP) is 2.10. The molecular weight excluding hydrogens is 284 g/mol. The van der Waals surface area contributed by atoms with Gasteiger partial charge in [-0.15, -0.1) is 0 Å². The van der Waals surface area contributed by atoms with Gasteiger partial charge in [-0.3, -0.25) is 0 Å². The second-order valence-electron chi connectivity index (χ2n) is 6.19. The summed E-state index contributed by atoms with van der Waals surface area (Å²) in [6.07, 6.45) is 2.21. The maximum Gasteiger partial charge on any atom is 0.212 e. The molecular formula is C16H26N2O2S. The van der Waals surface area contributed by atoms with Crippen molar-refractivity contribution in [2.45, 2.75) is 38.6 Å². The topological polar surface area (TPSA) is 58.2 Å². The predicted molar refractivity (Wildman–Crippen MR) is 86.8 cm³/mol. The molecule has 0 radical (unpaired) electrons.